The normalized spacial score (nSPS) is 14.9. The molecule has 1 aliphatic rings. The third-order valence-corrected chi connectivity index (χ3v) is 7.36. The molecule has 0 heterocycles. The van der Waals surface area contributed by atoms with Crippen LogP contribution in [0.1, 0.15) is 43.7 Å². The molecule has 0 bridgehead atoms. The van der Waals surface area contributed by atoms with E-state index >= 15 is 0 Å². The fourth-order valence-corrected chi connectivity index (χ4v) is 5.14. The predicted octanol–water partition coefficient (Wildman–Crippen LogP) is 5.84. The van der Waals surface area contributed by atoms with Gasteiger partial charge in [-0.2, -0.15) is 0 Å². The number of nitrogens with one attached hydrogen (secondary N) is 1. The van der Waals surface area contributed by atoms with Crippen LogP contribution < -0.4 is 5.32 Å². The average Bonchev–Trinajstić information content (AvgIpc) is 3.27. The average molecular weight is 497 g/mol. The quantitative estimate of drug-likeness (QED) is 0.474. The summed E-state index contributed by atoms with van der Waals surface area (Å²) >= 11 is 14.1. The van der Waals surface area contributed by atoms with Crippen molar-refractivity contribution in [1.29, 1.82) is 0 Å². The number of benzene rings is 2. The number of hydrogen-bond acceptors (Lipinski definition) is 3. The van der Waals surface area contributed by atoms with Crippen molar-refractivity contribution in [3.63, 3.8) is 0 Å². The second-order valence-corrected chi connectivity index (χ2v) is 9.81. The maximum atomic E-state index is 13.2. The number of nitrogens with zero attached hydrogens (tertiary/aromatic N) is 1. The van der Waals surface area contributed by atoms with Crippen molar-refractivity contribution in [3.8, 4) is 0 Å². The van der Waals surface area contributed by atoms with E-state index in [2.05, 4.69) is 5.32 Å². The molecule has 0 aromatic heterocycles. The van der Waals surface area contributed by atoms with Crippen LogP contribution in [-0.2, 0) is 21.9 Å². The minimum atomic E-state index is -0.665. The van der Waals surface area contributed by atoms with Crippen LogP contribution in [0.2, 0.25) is 10.0 Å². The summed E-state index contributed by atoms with van der Waals surface area (Å²) in [4.78, 5) is 27.6. The molecule has 2 aromatic rings. The minimum absolute atomic E-state index is 0.147. The van der Waals surface area contributed by atoms with Gasteiger partial charge in [-0.15, -0.1) is 11.8 Å². The zero-order chi connectivity index (χ0) is 23.1. The molecule has 2 amide bonds. The van der Waals surface area contributed by atoms with E-state index in [1.165, 1.54) is 28.8 Å². The molecule has 0 saturated heterocycles. The molecule has 4 nitrogen and oxygen atoms in total. The molecule has 3 rings (SSSR count). The van der Waals surface area contributed by atoms with Crippen LogP contribution in [0.25, 0.3) is 0 Å². The maximum absolute atomic E-state index is 13.2. The van der Waals surface area contributed by atoms with Gasteiger partial charge in [-0.3, -0.25) is 9.59 Å². The Morgan fingerprint density at radius 2 is 1.75 bits per heavy atom. The fourth-order valence-electron chi connectivity index (χ4n) is 3.75. The highest BCUT2D eigenvalue weighted by atomic mass is 35.5. The molecule has 0 unspecified atom stereocenters. The highest BCUT2D eigenvalue weighted by Gasteiger charge is 2.29. The number of thioether (sulfide) groups is 1. The van der Waals surface area contributed by atoms with Gasteiger partial charge in [0.15, 0.2) is 0 Å². The highest BCUT2D eigenvalue weighted by molar-refractivity contribution is 7.99. The van der Waals surface area contributed by atoms with E-state index in [4.69, 9.17) is 23.2 Å². The summed E-state index contributed by atoms with van der Waals surface area (Å²) in [6.45, 7) is 1.88. The molecular formula is C24H27Cl2FN2O2S. The Morgan fingerprint density at radius 3 is 2.38 bits per heavy atom. The van der Waals surface area contributed by atoms with Crippen molar-refractivity contribution in [3.05, 3.63) is 69.5 Å². The predicted molar refractivity (Wildman–Crippen MR) is 129 cm³/mol. The summed E-state index contributed by atoms with van der Waals surface area (Å²) in [6.07, 6.45) is 4.15. The lowest BCUT2D eigenvalue weighted by Gasteiger charge is -2.30. The third-order valence-electron chi connectivity index (χ3n) is 5.67. The number of halogens is 3. The first-order chi connectivity index (χ1) is 15.3. The van der Waals surface area contributed by atoms with Gasteiger partial charge in [0.1, 0.15) is 11.9 Å². The Hall–Kier alpha value is -1.76. The van der Waals surface area contributed by atoms with Gasteiger partial charge in [0.25, 0.3) is 0 Å². The molecule has 0 aliphatic heterocycles. The largest absolute Gasteiger partial charge is 0.352 e. The third kappa shape index (κ3) is 6.87. The van der Waals surface area contributed by atoms with Gasteiger partial charge in [0.05, 0.1) is 5.75 Å². The van der Waals surface area contributed by atoms with E-state index < -0.39 is 6.04 Å². The van der Waals surface area contributed by atoms with E-state index in [1.807, 2.05) is 0 Å². The zero-order valence-electron chi connectivity index (χ0n) is 18.0. The summed E-state index contributed by atoms with van der Waals surface area (Å²) in [6, 6.07) is 10.9. The van der Waals surface area contributed by atoms with Crippen LogP contribution >= 0.6 is 35.0 Å². The van der Waals surface area contributed by atoms with E-state index in [-0.39, 0.29) is 36.0 Å². The monoisotopic (exact) mass is 496 g/mol. The maximum Gasteiger partial charge on any atom is 0.242 e. The molecule has 1 saturated carbocycles. The molecule has 2 aromatic carbocycles. The molecule has 0 spiro atoms. The van der Waals surface area contributed by atoms with Gasteiger partial charge in [0.2, 0.25) is 11.8 Å². The lowest BCUT2D eigenvalue weighted by Crippen LogP contribution is -2.50. The Balaban J connectivity index is 1.70. The zero-order valence-corrected chi connectivity index (χ0v) is 20.3. The van der Waals surface area contributed by atoms with Gasteiger partial charge in [0, 0.05) is 33.9 Å². The number of hydrogen-bond donors (Lipinski definition) is 1. The molecule has 1 N–H and O–H groups in total. The van der Waals surface area contributed by atoms with Crippen molar-refractivity contribution in [2.45, 2.75) is 57.0 Å². The summed E-state index contributed by atoms with van der Waals surface area (Å²) in [7, 11) is 0. The summed E-state index contributed by atoms with van der Waals surface area (Å²) in [5.74, 6) is 0.106. The second-order valence-electron chi connectivity index (χ2n) is 8.01. The Bertz CT molecular complexity index is 916. The summed E-state index contributed by atoms with van der Waals surface area (Å²) < 4.78 is 13.1. The smallest absolute Gasteiger partial charge is 0.242 e. The molecule has 8 heteroatoms. The van der Waals surface area contributed by atoms with Crippen LogP contribution in [0.4, 0.5) is 4.39 Å². The van der Waals surface area contributed by atoms with Crippen LogP contribution in [0.15, 0.2) is 42.5 Å². The van der Waals surface area contributed by atoms with Gasteiger partial charge < -0.3 is 10.2 Å². The molecule has 32 heavy (non-hydrogen) atoms. The second kappa shape index (κ2) is 11.9. The van der Waals surface area contributed by atoms with Gasteiger partial charge in [-0.25, -0.2) is 4.39 Å². The minimum Gasteiger partial charge on any atom is -0.352 e. The van der Waals surface area contributed by atoms with Crippen LogP contribution in [-0.4, -0.2) is 34.6 Å². The molecule has 172 valence electrons. The van der Waals surface area contributed by atoms with Crippen molar-refractivity contribution < 1.29 is 14.0 Å². The first kappa shape index (κ1) is 24.9. The lowest BCUT2D eigenvalue weighted by atomic mass is 10.1. The van der Waals surface area contributed by atoms with Gasteiger partial charge in [-0.1, -0.05) is 54.2 Å². The summed E-state index contributed by atoms with van der Waals surface area (Å²) in [5, 5.41) is 3.99. The van der Waals surface area contributed by atoms with E-state index in [1.54, 1.807) is 37.3 Å². The van der Waals surface area contributed by atoms with E-state index in [0.29, 0.717) is 21.4 Å². The van der Waals surface area contributed by atoms with Crippen molar-refractivity contribution in [2.75, 3.05) is 5.75 Å². The molecule has 1 fully saturated rings. The first-order valence-corrected chi connectivity index (χ1v) is 12.6. The lowest BCUT2D eigenvalue weighted by molar-refractivity contribution is -0.138. The number of carbonyl (C=O) groups excluding carboxylic acids is 2. The fraction of sp³-hybridized carbons (Fsp3) is 0.417. The van der Waals surface area contributed by atoms with Crippen LogP contribution in [0.5, 0.6) is 0 Å². The van der Waals surface area contributed by atoms with Crippen molar-refractivity contribution in [1.82, 2.24) is 10.2 Å². The van der Waals surface area contributed by atoms with Gasteiger partial charge in [-0.05, 0) is 49.6 Å². The van der Waals surface area contributed by atoms with E-state index in [0.717, 1.165) is 31.2 Å². The summed E-state index contributed by atoms with van der Waals surface area (Å²) in [5.41, 5.74) is 1.55. The topological polar surface area (TPSA) is 49.4 Å². The standard InChI is InChI=1S/C24H27Cl2FN2O2S/c1-16(24(31)28-19-5-2-3-6-19)29(13-20-21(25)7-4-8-22(20)26)23(30)15-32-14-17-9-11-18(27)12-10-17/h4,7-12,16,19H,2-3,5-6,13-15H2,1H3,(H,28,31)/t16-/m1/s1. The highest BCUT2D eigenvalue weighted by Crippen LogP contribution is 2.27. The molecule has 1 aliphatic carbocycles. The van der Waals surface area contributed by atoms with E-state index in [9.17, 15) is 14.0 Å². The number of carbonyl (C=O) groups is 2. The Kier molecular flexibility index (Phi) is 9.26. The molecular weight excluding hydrogens is 470 g/mol. The Morgan fingerprint density at radius 1 is 1.12 bits per heavy atom. The van der Waals surface area contributed by atoms with Crippen molar-refractivity contribution in [2.24, 2.45) is 0 Å². The Labute approximate surface area is 202 Å². The van der Waals surface area contributed by atoms with Crippen LogP contribution in [0.3, 0.4) is 0 Å². The van der Waals surface area contributed by atoms with Crippen LogP contribution in [0, 0.1) is 5.82 Å². The van der Waals surface area contributed by atoms with Gasteiger partial charge >= 0.3 is 0 Å². The number of amides is 2. The van der Waals surface area contributed by atoms with Crippen molar-refractivity contribution >= 4 is 46.8 Å². The number of rotatable bonds is 9. The molecule has 1 atom stereocenters. The molecule has 0 radical (unpaired) electrons. The first-order valence-electron chi connectivity index (χ1n) is 10.7. The SMILES string of the molecule is C[C@H](C(=O)NC1CCCC1)N(Cc1c(Cl)cccc1Cl)C(=O)CSCc1ccc(F)cc1.